The van der Waals surface area contributed by atoms with Gasteiger partial charge in [0.15, 0.2) is 0 Å². The van der Waals surface area contributed by atoms with Gasteiger partial charge in [-0.3, -0.25) is 4.90 Å². The standard InChI is InChI=1S/C14H15NO5/c1-9-8-12(19-13(9)16)20-14(17)15(2)10-6-4-5-7-11(10)18-3/h4-8,12H,1-3H3. The van der Waals surface area contributed by atoms with Gasteiger partial charge in [0, 0.05) is 18.7 Å². The molecular formula is C14H15NO5. The highest BCUT2D eigenvalue weighted by atomic mass is 16.7. The highest BCUT2D eigenvalue weighted by molar-refractivity contribution is 5.92. The van der Waals surface area contributed by atoms with Crippen molar-refractivity contribution in [3.63, 3.8) is 0 Å². The highest BCUT2D eigenvalue weighted by Crippen LogP contribution is 2.27. The van der Waals surface area contributed by atoms with Crippen LogP contribution in [0.25, 0.3) is 0 Å². The molecule has 6 heteroatoms. The molecule has 1 atom stereocenters. The molecule has 0 spiro atoms. The molecular weight excluding hydrogens is 262 g/mol. The summed E-state index contributed by atoms with van der Waals surface area (Å²) >= 11 is 0. The van der Waals surface area contributed by atoms with Gasteiger partial charge in [-0.15, -0.1) is 0 Å². The molecule has 0 N–H and O–H groups in total. The van der Waals surface area contributed by atoms with Gasteiger partial charge >= 0.3 is 12.1 Å². The maximum Gasteiger partial charge on any atom is 0.417 e. The summed E-state index contributed by atoms with van der Waals surface area (Å²) in [5, 5.41) is 0. The Morgan fingerprint density at radius 3 is 2.65 bits per heavy atom. The summed E-state index contributed by atoms with van der Waals surface area (Å²) < 4.78 is 15.1. The molecule has 1 heterocycles. The number of rotatable bonds is 3. The van der Waals surface area contributed by atoms with Gasteiger partial charge in [0.05, 0.1) is 12.8 Å². The number of carbonyl (C=O) groups is 2. The minimum Gasteiger partial charge on any atom is -0.495 e. The smallest absolute Gasteiger partial charge is 0.417 e. The molecule has 0 saturated carbocycles. The van der Waals surface area contributed by atoms with Crippen molar-refractivity contribution in [2.75, 3.05) is 19.1 Å². The van der Waals surface area contributed by atoms with Gasteiger partial charge < -0.3 is 14.2 Å². The number of hydrogen-bond donors (Lipinski definition) is 0. The van der Waals surface area contributed by atoms with E-state index in [1.165, 1.54) is 18.1 Å². The van der Waals surface area contributed by atoms with E-state index in [1.807, 2.05) is 0 Å². The summed E-state index contributed by atoms with van der Waals surface area (Å²) in [4.78, 5) is 24.5. The predicted molar refractivity (Wildman–Crippen MR) is 71.5 cm³/mol. The first-order valence-corrected chi connectivity index (χ1v) is 5.99. The fourth-order valence-corrected chi connectivity index (χ4v) is 1.75. The van der Waals surface area contributed by atoms with Crippen LogP contribution in [0.15, 0.2) is 35.9 Å². The van der Waals surface area contributed by atoms with E-state index >= 15 is 0 Å². The Morgan fingerprint density at radius 2 is 2.05 bits per heavy atom. The average molecular weight is 277 g/mol. The second-order valence-corrected chi connectivity index (χ2v) is 4.24. The van der Waals surface area contributed by atoms with Crippen molar-refractivity contribution in [2.45, 2.75) is 13.2 Å². The number of benzene rings is 1. The number of anilines is 1. The van der Waals surface area contributed by atoms with E-state index < -0.39 is 18.4 Å². The Balaban J connectivity index is 2.08. The number of methoxy groups -OCH3 is 1. The largest absolute Gasteiger partial charge is 0.495 e. The number of hydrogen-bond acceptors (Lipinski definition) is 5. The van der Waals surface area contributed by atoms with Crippen molar-refractivity contribution in [1.29, 1.82) is 0 Å². The van der Waals surface area contributed by atoms with Gasteiger partial charge in [-0.2, -0.15) is 0 Å². The Bertz CT molecular complexity index is 566. The maximum absolute atomic E-state index is 12.0. The summed E-state index contributed by atoms with van der Waals surface area (Å²) in [6, 6.07) is 7.04. The second kappa shape index (κ2) is 5.64. The zero-order valence-corrected chi connectivity index (χ0v) is 11.5. The topological polar surface area (TPSA) is 65.1 Å². The lowest BCUT2D eigenvalue weighted by Crippen LogP contribution is -2.31. The molecule has 106 valence electrons. The zero-order valence-electron chi connectivity index (χ0n) is 11.5. The number of para-hydroxylation sites is 2. The van der Waals surface area contributed by atoms with Gasteiger partial charge in [0.2, 0.25) is 0 Å². The van der Waals surface area contributed by atoms with E-state index in [-0.39, 0.29) is 0 Å². The molecule has 1 amide bonds. The van der Waals surface area contributed by atoms with Crippen LogP contribution >= 0.6 is 0 Å². The lowest BCUT2D eigenvalue weighted by molar-refractivity contribution is -0.151. The fourth-order valence-electron chi connectivity index (χ4n) is 1.75. The van der Waals surface area contributed by atoms with Crippen LogP contribution in [-0.2, 0) is 14.3 Å². The average Bonchev–Trinajstić information content (AvgIpc) is 2.76. The van der Waals surface area contributed by atoms with E-state index in [4.69, 9.17) is 14.2 Å². The van der Waals surface area contributed by atoms with Crippen molar-refractivity contribution in [3.8, 4) is 5.75 Å². The second-order valence-electron chi connectivity index (χ2n) is 4.24. The van der Waals surface area contributed by atoms with Gasteiger partial charge in [-0.25, -0.2) is 9.59 Å². The van der Waals surface area contributed by atoms with E-state index in [2.05, 4.69) is 0 Å². The van der Waals surface area contributed by atoms with Crippen molar-refractivity contribution in [3.05, 3.63) is 35.9 Å². The lowest BCUT2D eigenvalue weighted by atomic mass is 10.3. The van der Waals surface area contributed by atoms with Crippen LogP contribution in [-0.4, -0.2) is 32.5 Å². The Hall–Kier alpha value is -2.50. The number of amides is 1. The normalized spacial score (nSPS) is 17.2. The van der Waals surface area contributed by atoms with E-state index in [1.54, 1.807) is 38.2 Å². The quantitative estimate of drug-likeness (QED) is 0.792. The van der Waals surface area contributed by atoms with Gasteiger partial charge in [0.1, 0.15) is 5.75 Å². The summed E-state index contributed by atoms with van der Waals surface area (Å²) in [6.07, 6.45) is -0.165. The molecule has 0 aliphatic carbocycles. The minimum atomic E-state index is -0.979. The molecule has 0 fully saturated rings. The molecule has 0 aromatic heterocycles. The number of esters is 1. The maximum atomic E-state index is 12.0. The third kappa shape index (κ3) is 2.74. The lowest BCUT2D eigenvalue weighted by Gasteiger charge is -2.20. The predicted octanol–water partition coefficient (Wildman–Crippen LogP) is 2.10. The van der Waals surface area contributed by atoms with Gasteiger partial charge in [-0.05, 0) is 19.1 Å². The number of cyclic esters (lactones) is 1. The summed E-state index contributed by atoms with van der Waals surface area (Å²) in [6.45, 7) is 1.60. The number of ether oxygens (including phenoxy) is 3. The monoisotopic (exact) mass is 277 g/mol. The van der Waals surface area contributed by atoms with E-state index in [0.29, 0.717) is 17.0 Å². The molecule has 2 rings (SSSR count). The first kappa shape index (κ1) is 13.9. The molecule has 0 saturated heterocycles. The van der Waals surface area contributed by atoms with Crippen LogP contribution in [0.4, 0.5) is 10.5 Å². The van der Waals surface area contributed by atoms with Crippen molar-refractivity contribution in [2.24, 2.45) is 0 Å². The van der Waals surface area contributed by atoms with Crippen LogP contribution < -0.4 is 9.64 Å². The van der Waals surface area contributed by atoms with Crippen LogP contribution in [0.5, 0.6) is 5.75 Å². The first-order chi connectivity index (χ1) is 9.52. The highest BCUT2D eigenvalue weighted by Gasteiger charge is 2.27. The molecule has 1 aliphatic heterocycles. The number of nitrogens with zero attached hydrogens (tertiary/aromatic N) is 1. The molecule has 1 unspecified atom stereocenters. The molecule has 1 aromatic carbocycles. The molecule has 1 aliphatic rings. The van der Waals surface area contributed by atoms with Gasteiger partial charge in [-0.1, -0.05) is 12.1 Å². The molecule has 0 radical (unpaired) electrons. The van der Waals surface area contributed by atoms with Crippen LogP contribution in [0.1, 0.15) is 6.92 Å². The zero-order chi connectivity index (χ0) is 14.7. The summed E-state index contributed by atoms with van der Waals surface area (Å²) in [7, 11) is 3.07. The van der Waals surface area contributed by atoms with Gasteiger partial charge in [0.25, 0.3) is 6.29 Å². The first-order valence-electron chi connectivity index (χ1n) is 5.99. The fraction of sp³-hybridized carbons (Fsp3) is 0.286. The molecule has 6 nitrogen and oxygen atoms in total. The third-order valence-electron chi connectivity index (χ3n) is 2.87. The SMILES string of the molecule is COc1ccccc1N(C)C(=O)OC1C=C(C)C(=O)O1. The van der Waals surface area contributed by atoms with Crippen molar-refractivity contribution in [1.82, 2.24) is 0 Å². The van der Waals surface area contributed by atoms with Crippen LogP contribution in [0, 0.1) is 0 Å². The number of carbonyl (C=O) groups excluding carboxylic acids is 2. The Morgan fingerprint density at radius 1 is 1.35 bits per heavy atom. The van der Waals surface area contributed by atoms with Crippen LogP contribution in [0.3, 0.4) is 0 Å². The van der Waals surface area contributed by atoms with Crippen molar-refractivity contribution >= 4 is 17.7 Å². The molecule has 0 bridgehead atoms. The third-order valence-corrected chi connectivity index (χ3v) is 2.87. The van der Waals surface area contributed by atoms with Crippen molar-refractivity contribution < 1.29 is 23.8 Å². The Labute approximate surface area is 116 Å². The minimum absolute atomic E-state index is 0.419. The Kier molecular flexibility index (Phi) is 3.93. The van der Waals surface area contributed by atoms with E-state index in [0.717, 1.165) is 0 Å². The van der Waals surface area contributed by atoms with Crippen LogP contribution in [0.2, 0.25) is 0 Å². The summed E-state index contributed by atoms with van der Waals surface area (Å²) in [5.74, 6) is 0.0600. The van der Waals surface area contributed by atoms with E-state index in [9.17, 15) is 9.59 Å². The molecule has 1 aromatic rings. The summed E-state index contributed by atoms with van der Waals surface area (Å²) in [5.41, 5.74) is 0.979. The molecule has 20 heavy (non-hydrogen) atoms.